The van der Waals surface area contributed by atoms with E-state index in [4.69, 9.17) is 0 Å². The van der Waals surface area contributed by atoms with Crippen LogP contribution in [0.3, 0.4) is 0 Å². The van der Waals surface area contributed by atoms with E-state index in [9.17, 15) is 13.6 Å². The maximum absolute atomic E-state index is 11.9. The normalized spacial score (nSPS) is 12.3. The SMILES string of the molecule is COC(=O)C(C)NCc1ccc(OC(F)F)cc1. The Morgan fingerprint density at radius 1 is 1.33 bits per heavy atom. The number of halogens is 2. The smallest absolute Gasteiger partial charge is 0.387 e. The number of carbonyl (C=O) groups is 1. The largest absolute Gasteiger partial charge is 0.468 e. The molecule has 1 aromatic carbocycles. The molecule has 0 amide bonds. The van der Waals surface area contributed by atoms with Gasteiger partial charge >= 0.3 is 12.6 Å². The Labute approximate surface area is 104 Å². The van der Waals surface area contributed by atoms with Crippen LogP contribution in [0.25, 0.3) is 0 Å². The Morgan fingerprint density at radius 2 is 1.94 bits per heavy atom. The lowest BCUT2D eigenvalue weighted by Crippen LogP contribution is -2.34. The van der Waals surface area contributed by atoms with E-state index < -0.39 is 12.7 Å². The molecule has 0 heterocycles. The lowest BCUT2D eigenvalue weighted by Gasteiger charge is -2.11. The third kappa shape index (κ3) is 4.67. The second kappa shape index (κ2) is 6.90. The van der Waals surface area contributed by atoms with E-state index in [1.807, 2.05) is 0 Å². The lowest BCUT2D eigenvalue weighted by atomic mass is 10.2. The summed E-state index contributed by atoms with van der Waals surface area (Å²) in [5.41, 5.74) is 0.854. The Bertz CT molecular complexity index is 381. The molecule has 100 valence electrons. The predicted molar refractivity (Wildman–Crippen MR) is 61.4 cm³/mol. The first kappa shape index (κ1) is 14.4. The number of alkyl halides is 2. The van der Waals surface area contributed by atoms with E-state index in [0.29, 0.717) is 6.54 Å². The Hall–Kier alpha value is -1.69. The summed E-state index contributed by atoms with van der Waals surface area (Å²) in [6, 6.07) is 5.77. The van der Waals surface area contributed by atoms with Gasteiger partial charge in [-0.15, -0.1) is 0 Å². The van der Waals surface area contributed by atoms with Gasteiger partial charge in [0.1, 0.15) is 11.8 Å². The van der Waals surface area contributed by atoms with Gasteiger partial charge in [0, 0.05) is 6.54 Å². The van der Waals surface area contributed by atoms with Crippen LogP contribution in [0.5, 0.6) is 5.75 Å². The van der Waals surface area contributed by atoms with Crippen LogP contribution in [0.4, 0.5) is 8.78 Å². The molecule has 1 atom stereocenters. The van der Waals surface area contributed by atoms with E-state index in [1.54, 1.807) is 19.1 Å². The molecule has 0 fully saturated rings. The van der Waals surface area contributed by atoms with Crippen LogP contribution in [-0.2, 0) is 16.1 Å². The first-order valence-electron chi connectivity index (χ1n) is 5.38. The van der Waals surface area contributed by atoms with Crippen molar-refractivity contribution in [2.75, 3.05) is 7.11 Å². The van der Waals surface area contributed by atoms with Crippen LogP contribution in [0, 0.1) is 0 Å². The number of hydrogen-bond acceptors (Lipinski definition) is 4. The van der Waals surface area contributed by atoms with Crippen LogP contribution in [0.1, 0.15) is 12.5 Å². The first-order valence-corrected chi connectivity index (χ1v) is 5.38. The van der Waals surface area contributed by atoms with Gasteiger partial charge in [-0.25, -0.2) is 0 Å². The molecule has 4 nitrogen and oxygen atoms in total. The molecule has 0 bridgehead atoms. The van der Waals surface area contributed by atoms with Crippen molar-refractivity contribution in [1.29, 1.82) is 0 Å². The summed E-state index contributed by atoms with van der Waals surface area (Å²) in [5, 5.41) is 2.95. The quantitative estimate of drug-likeness (QED) is 0.793. The van der Waals surface area contributed by atoms with E-state index in [1.165, 1.54) is 19.2 Å². The number of carbonyl (C=O) groups excluding carboxylic acids is 1. The van der Waals surface area contributed by atoms with Crippen molar-refractivity contribution in [2.45, 2.75) is 26.1 Å². The minimum atomic E-state index is -2.83. The van der Waals surface area contributed by atoms with Gasteiger partial charge in [0.15, 0.2) is 0 Å². The highest BCUT2D eigenvalue weighted by Crippen LogP contribution is 2.14. The lowest BCUT2D eigenvalue weighted by molar-refractivity contribution is -0.142. The molecule has 0 saturated carbocycles. The van der Waals surface area contributed by atoms with Crippen LogP contribution in [0.15, 0.2) is 24.3 Å². The molecule has 6 heteroatoms. The number of esters is 1. The van der Waals surface area contributed by atoms with Crippen molar-refractivity contribution in [2.24, 2.45) is 0 Å². The second-order valence-corrected chi connectivity index (χ2v) is 3.65. The number of rotatable bonds is 6. The number of benzene rings is 1. The maximum Gasteiger partial charge on any atom is 0.387 e. The summed E-state index contributed by atoms with van der Waals surface area (Å²) in [6.07, 6.45) is 0. The topological polar surface area (TPSA) is 47.6 Å². The van der Waals surface area contributed by atoms with Gasteiger partial charge in [0.2, 0.25) is 0 Å². The average Bonchev–Trinajstić information content (AvgIpc) is 2.36. The highest BCUT2D eigenvalue weighted by atomic mass is 19.3. The van der Waals surface area contributed by atoms with Crippen molar-refractivity contribution in [3.63, 3.8) is 0 Å². The number of hydrogen-bond donors (Lipinski definition) is 1. The highest BCUT2D eigenvalue weighted by Gasteiger charge is 2.11. The Balaban J connectivity index is 2.46. The summed E-state index contributed by atoms with van der Waals surface area (Å²) in [7, 11) is 1.32. The molecule has 1 unspecified atom stereocenters. The maximum atomic E-state index is 11.9. The number of ether oxygens (including phenoxy) is 2. The third-order valence-corrected chi connectivity index (χ3v) is 2.32. The van der Waals surface area contributed by atoms with Gasteiger partial charge in [-0.05, 0) is 24.6 Å². The van der Waals surface area contributed by atoms with Crippen LogP contribution in [0.2, 0.25) is 0 Å². The molecule has 0 aromatic heterocycles. The zero-order valence-electron chi connectivity index (χ0n) is 10.2. The van der Waals surface area contributed by atoms with Gasteiger partial charge in [0.25, 0.3) is 0 Å². The molecule has 0 aliphatic rings. The Morgan fingerprint density at radius 3 is 2.44 bits per heavy atom. The Kier molecular flexibility index (Phi) is 5.51. The first-order chi connectivity index (χ1) is 8.52. The van der Waals surface area contributed by atoms with Gasteiger partial charge in [-0.2, -0.15) is 8.78 Å². The molecule has 0 spiro atoms. The monoisotopic (exact) mass is 259 g/mol. The van der Waals surface area contributed by atoms with Gasteiger partial charge < -0.3 is 14.8 Å². The summed E-state index contributed by atoms with van der Waals surface area (Å²) >= 11 is 0. The number of nitrogens with one attached hydrogen (secondary N) is 1. The van der Waals surface area contributed by atoms with Crippen LogP contribution < -0.4 is 10.1 Å². The molecule has 18 heavy (non-hydrogen) atoms. The van der Waals surface area contributed by atoms with Crippen LogP contribution in [-0.4, -0.2) is 25.7 Å². The molecule has 1 aromatic rings. The van der Waals surface area contributed by atoms with Gasteiger partial charge in [-0.1, -0.05) is 12.1 Å². The molecular weight excluding hydrogens is 244 g/mol. The summed E-state index contributed by atoms with van der Waals surface area (Å²) < 4.78 is 32.6. The van der Waals surface area contributed by atoms with Crippen molar-refractivity contribution < 1.29 is 23.0 Å². The molecule has 0 aliphatic carbocycles. The molecule has 0 saturated heterocycles. The van der Waals surface area contributed by atoms with Crippen molar-refractivity contribution in [3.8, 4) is 5.75 Å². The van der Waals surface area contributed by atoms with E-state index in [2.05, 4.69) is 14.8 Å². The molecule has 0 radical (unpaired) electrons. The summed E-state index contributed by atoms with van der Waals surface area (Å²) in [5.74, 6) is -0.248. The van der Waals surface area contributed by atoms with E-state index in [0.717, 1.165) is 5.56 Å². The molecule has 0 aliphatic heterocycles. The van der Waals surface area contributed by atoms with Crippen molar-refractivity contribution in [3.05, 3.63) is 29.8 Å². The van der Waals surface area contributed by atoms with Crippen LogP contribution >= 0.6 is 0 Å². The van der Waals surface area contributed by atoms with E-state index >= 15 is 0 Å². The fourth-order valence-electron chi connectivity index (χ4n) is 1.32. The van der Waals surface area contributed by atoms with Gasteiger partial charge in [0.05, 0.1) is 7.11 Å². The van der Waals surface area contributed by atoms with Crippen molar-refractivity contribution in [1.82, 2.24) is 5.32 Å². The molecule has 1 rings (SSSR count). The summed E-state index contributed by atoms with van der Waals surface area (Å²) in [6.45, 7) is -0.709. The van der Waals surface area contributed by atoms with Crippen molar-refractivity contribution >= 4 is 5.97 Å². The minimum absolute atomic E-state index is 0.106. The molecule has 1 N–H and O–H groups in total. The zero-order chi connectivity index (χ0) is 13.5. The average molecular weight is 259 g/mol. The molecular formula is C12H15F2NO3. The second-order valence-electron chi connectivity index (χ2n) is 3.65. The van der Waals surface area contributed by atoms with E-state index in [-0.39, 0.29) is 11.7 Å². The minimum Gasteiger partial charge on any atom is -0.468 e. The summed E-state index contributed by atoms with van der Waals surface area (Å²) in [4.78, 5) is 11.1. The zero-order valence-corrected chi connectivity index (χ0v) is 10.2. The number of methoxy groups -OCH3 is 1. The van der Waals surface area contributed by atoms with Gasteiger partial charge in [-0.3, -0.25) is 4.79 Å². The highest BCUT2D eigenvalue weighted by molar-refractivity contribution is 5.75. The fraction of sp³-hybridized carbons (Fsp3) is 0.417. The standard InChI is InChI=1S/C12H15F2NO3/c1-8(11(16)17-2)15-7-9-3-5-10(6-4-9)18-12(13)14/h3-6,8,12,15H,7H2,1-2H3. The fourth-order valence-corrected chi connectivity index (χ4v) is 1.32. The third-order valence-electron chi connectivity index (χ3n) is 2.32. The predicted octanol–water partition coefficient (Wildman–Crippen LogP) is 1.94.